The molecule has 0 aliphatic carbocycles. The molecule has 0 aromatic carbocycles. The van der Waals surface area contributed by atoms with Crippen molar-refractivity contribution in [2.45, 2.75) is 103 Å². The van der Waals surface area contributed by atoms with Crippen molar-refractivity contribution in [1.29, 1.82) is 0 Å². The van der Waals surface area contributed by atoms with Crippen LogP contribution in [0.25, 0.3) is 0 Å². The van der Waals surface area contributed by atoms with Crippen LogP contribution in [0.5, 0.6) is 0 Å². The summed E-state index contributed by atoms with van der Waals surface area (Å²) >= 11 is 2.97. The molecule has 0 spiro atoms. The molecule has 0 bridgehead atoms. The first kappa shape index (κ1) is 27.8. The Morgan fingerprint density at radius 2 is 1.30 bits per heavy atom. The molecule has 1 saturated heterocycles. The zero-order valence-electron chi connectivity index (χ0n) is 19.3. The molecule has 178 valence electrons. The van der Waals surface area contributed by atoms with Gasteiger partial charge in [0.25, 0.3) is 0 Å². The van der Waals surface area contributed by atoms with Crippen LogP contribution in [0.1, 0.15) is 79.1 Å². The Morgan fingerprint density at radius 1 is 0.800 bits per heavy atom. The fourth-order valence-corrected chi connectivity index (χ4v) is 3.51. The Balaban J connectivity index is 3.07. The van der Waals surface area contributed by atoms with Crippen molar-refractivity contribution in [2.24, 2.45) is 0 Å². The zero-order valence-corrected chi connectivity index (χ0v) is 20.9. The van der Waals surface area contributed by atoms with E-state index in [9.17, 15) is 4.39 Å². The molecule has 0 N–H and O–H groups in total. The van der Waals surface area contributed by atoms with Gasteiger partial charge in [0, 0.05) is 26.4 Å². The Morgan fingerprint density at radius 3 is 1.83 bits per heavy atom. The highest BCUT2D eigenvalue weighted by molar-refractivity contribution is 9.11. The highest BCUT2D eigenvalue weighted by Crippen LogP contribution is 2.35. The first-order valence-corrected chi connectivity index (χ1v) is 12.5. The lowest BCUT2D eigenvalue weighted by atomic mass is 9.97. The molecule has 4 atom stereocenters. The fraction of sp³-hybridized carbons (Fsp3) is 0.913. The molecule has 0 unspecified atom stereocenters. The summed E-state index contributed by atoms with van der Waals surface area (Å²) in [6.07, 6.45) is 5.91. The van der Waals surface area contributed by atoms with E-state index < -0.39 is 23.0 Å². The van der Waals surface area contributed by atoms with Crippen molar-refractivity contribution in [1.82, 2.24) is 0 Å². The topological polar surface area (TPSA) is 46.2 Å². The maximum atomic E-state index is 14.4. The van der Waals surface area contributed by atoms with Gasteiger partial charge in [-0.1, -0.05) is 53.4 Å². The van der Waals surface area contributed by atoms with E-state index >= 15 is 0 Å². The number of halogens is 2. The summed E-state index contributed by atoms with van der Waals surface area (Å²) in [6, 6.07) is 0. The molecule has 1 aliphatic heterocycles. The van der Waals surface area contributed by atoms with E-state index in [0.29, 0.717) is 33.0 Å². The van der Waals surface area contributed by atoms with Crippen molar-refractivity contribution in [2.75, 3.05) is 33.0 Å². The van der Waals surface area contributed by atoms with Crippen LogP contribution in [0, 0.1) is 0 Å². The van der Waals surface area contributed by atoms with Gasteiger partial charge in [-0.05, 0) is 41.6 Å². The number of ether oxygens (including phenoxy) is 5. The lowest BCUT2D eigenvalue weighted by Gasteiger charge is -2.43. The second kappa shape index (κ2) is 17.4. The minimum atomic E-state index is -0.647. The molecule has 1 rings (SSSR count). The Labute approximate surface area is 191 Å². The third-order valence-corrected chi connectivity index (χ3v) is 5.44. The van der Waals surface area contributed by atoms with Gasteiger partial charge in [0.1, 0.15) is 18.3 Å². The molecule has 1 heterocycles. The molecule has 0 radical (unpaired) electrons. The van der Waals surface area contributed by atoms with Gasteiger partial charge in [0.2, 0.25) is 4.74 Å². The van der Waals surface area contributed by atoms with Crippen LogP contribution in [0.4, 0.5) is 4.39 Å². The largest absolute Gasteiger partial charge is 0.483 e. The average Bonchev–Trinajstić information content (AvgIpc) is 2.73. The summed E-state index contributed by atoms with van der Waals surface area (Å²) < 4.78 is 44.3. The maximum absolute atomic E-state index is 14.4. The van der Waals surface area contributed by atoms with Gasteiger partial charge < -0.3 is 23.7 Å². The molecule has 0 aromatic heterocycles. The molecule has 0 aromatic rings. The third-order valence-electron chi connectivity index (χ3n) is 5.05. The van der Waals surface area contributed by atoms with Crippen LogP contribution in [0.3, 0.4) is 0 Å². The quantitative estimate of drug-likeness (QED) is 0.221. The van der Waals surface area contributed by atoms with Gasteiger partial charge in [0.15, 0.2) is 11.9 Å². The van der Waals surface area contributed by atoms with Crippen molar-refractivity contribution in [3.63, 3.8) is 0 Å². The molecular formula is C23H42BrFO5. The minimum absolute atomic E-state index is 0.145. The third kappa shape index (κ3) is 9.94. The number of hydrogen-bond acceptors (Lipinski definition) is 5. The summed E-state index contributed by atoms with van der Waals surface area (Å²) in [4.78, 5) is 0. The van der Waals surface area contributed by atoms with E-state index in [2.05, 4.69) is 43.6 Å². The monoisotopic (exact) mass is 496 g/mol. The van der Waals surface area contributed by atoms with Crippen LogP contribution < -0.4 is 0 Å². The number of hydrogen-bond donors (Lipinski definition) is 0. The van der Waals surface area contributed by atoms with Crippen molar-refractivity contribution in [3.05, 3.63) is 10.5 Å². The van der Waals surface area contributed by atoms with Crippen LogP contribution in [0.15, 0.2) is 10.5 Å². The van der Waals surface area contributed by atoms with E-state index in [4.69, 9.17) is 23.7 Å². The van der Waals surface area contributed by atoms with Gasteiger partial charge in [-0.25, -0.2) is 0 Å². The second-order valence-corrected chi connectivity index (χ2v) is 8.43. The lowest BCUT2D eigenvalue weighted by Crippen LogP contribution is -2.57. The second-order valence-electron chi connectivity index (χ2n) is 7.73. The summed E-state index contributed by atoms with van der Waals surface area (Å²) in [6.45, 7) is 11.1. The number of rotatable bonds is 17. The van der Waals surface area contributed by atoms with Crippen LogP contribution in [-0.4, -0.2) is 57.5 Å². The molecular weight excluding hydrogens is 455 g/mol. The van der Waals surface area contributed by atoms with E-state index in [1.807, 2.05) is 0 Å². The predicted octanol–water partition coefficient (Wildman–Crippen LogP) is 6.29. The Hall–Kier alpha value is -0.210. The first-order chi connectivity index (χ1) is 14.6. The molecule has 1 fully saturated rings. The lowest BCUT2D eigenvalue weighted by molar-refractivity contribution is -0.216. The smallest absolute Gasteiger partial charge is 0.206 e. The number of unbranched alkanes of at least 4 members (excludes halogenated alkanes) is 4. The molecule has 0 saturated carbocycles. The molecule has 7 heteroatoms. The van der Waals surface area contributed by atoms with Gasteiger partial charge in [0.05, 0.1) is 6.61 Å². The van der Waals surface area contributed by atoms with Gasteiger partial charge in [-0.2, -0.15) is 4.39 Å². The van der Waals surface area contributed by atoms with Crippen molar-refractivity contribution in [3.8, 4) is 0 Å². The maximum Gasteiger partial charge on any atom is 0.206 e. The van der Waals surface area contributed by atoms with Crippen molar-refractivity contribution < 1.29 is 28.1 Å². The molecule has 1 aliphatic rings. The van der Waals surface area contributed by atoms with Crippen LogP contribution in [0.2, 0.25) is 0 Å². The van der Waals surface area contributed by atoms with E-state index in [1.165, 1.54) is 0 Å². The standard InChI is InChI=1S/C23H42BrFO5/c1-5-9-13-26-17-18-19(27-14-10-6-2)20(28-15-11-7-3)21(29-16-12-8-4)22(30-18)23(24)25/h18-21H,5-17H2,1-4H3/t18-,19-,20+,21-/m1/s1. The fourth-order valence-electron chi connectivity index (χ4n) is 3.19. The Kier molecular flexibility index (Phi) is 16.1. The highest BCUT2D eigenvalue weighted by atomic mass is 79.9. The molecule has 5 nitrogen and oxygen atoms in total. The molecule has 30 heavy (non-hydrogen) atoms. The van der Waals surface area contributed by atoms with Gasteiger partial charge >= 0.3 is 0 Å². The summed E-state index contributed by atoms with van der Waals surface area (Å²) in [5, 5.41) is 0. The summed E-state index contributed by atoms with van der Waals surface area (Å²) in [5.74, 6) is 0.145. The van der Waals surface area contributed by atoms with E-state index in [1.54, 1.807) is 0 Å². The zero-order chi connectivity index (χ0) is 22.2. The normalized spacial score (nSPS) is 25.9. The van der Waals surface area contributed by atoms with Crippen LogP contribution in [-0.2, 0) is 23.7 Å². The summed E-state index contributed by atoms with van der Waals surface area (Å²) in [7, 11) is 0. The van der Waals surface area contributed by atoms with Gasteiger partial charge in [-0.15, -0.1) is 0 Å². The van der Waals surface area contributed by atoms with E-state index in [-0.39, 0.29) is 11.9 Å². The predicted molar refractivity (Wildman–Crippen MR) is 122 cm³/mol. The van der Waals surface area contributed by atoms with E-state index in [0.717, 1.165) is 51.4 Å². The summed E-state index contributed by atoms with van der Waals surface area (Å²) in [5.41, 5.74) is 0. The van der Waals surface area contributed by atoms with Crippen molar-refractivity contribution >= 4 is 15.9 Å². The highest BCUT2D eigenvalue weighted by Gasteiger charge is 2.47. The minimum Gasteiger partial charge on any atom is -0.483 e. The molecule has 0 amide bonds. The first-order valence-electron chi connectivity index (χ1n) is 11.7. The Bertz CT molecular complexity index is 459. The average molecular weight is 497 g/mol. The van der Waals surface area contributed by atoms with Crippen LogP contribution >= 0.6 is 15.9 Å². The SMILES string of the molecule is CCCCOC[C@H]1OC(=C(F)Br)[C@H](OCCCC)[C@@H](OCCCC)[C@@H]1OCCCC. The van der Waals surface area contributed by atoms with Gasteiger partial charge in [-0.3, -0.25) is 0 Å².